The summed E-state index contributed by atoms with van der Waals surface area (Å²) in [5, 5.41) is 9.52. The summed E-state index contributed by atoms with van der Waals surface area (Å²) in [6.07, 6.45) is 7.63. The minimum atomic E-state index is 0. The maximum Gasteiger partial charge on any atom is 0.253 e. The maximum absolute atomic E-state index is 12.1. The molecule has 1 aromatic carbocycles. The molecule has 0 aromatic heterocycles. The molecule has 1 aliphatic carbocycles. The van der Waals surface area contributed by atoms with E-state index >= 15 is 0 Å². The van der Waals surface area contributed by atoms with Crippen molar-refractivity contribution in [1.82, 2.24) is 20.9 Å². The predicted octanol–water partition coefficient (Wildman–Crippen LogP) is 3.19. The number of hydrogen-bond donors (Lipinski definition) is 3. The Labute approximate surface area is 210 Å². The Hall–Kier alpha value is -1.84. The van der Waals surface area contributed by atoms with Crippen molar-refractivity contribution in [2.24, 2.45) is 10.9 Å². The molecule has 0 aliphatic heterocycles. The van der Waals surface area contributed by atoms with Gasteiger partial charge in [0.25, 0.3) is 5.91 Å². The molecule has 0 unspecified atom stereocenters. The maximum atomic E-state index is 12.1. The quantitative estimate of drug-likeness (QED) is 0.179. The Morgan fingerprint density at radius 2 is 1.78 bits per heavy atom. The molecule has 0 radical (unpaired) electrons. The number of hydrogen-bond acceptors (Lipinski definition) is 3. The smallest absolute Gasteiger partial charge is 0.253 e. The van der Waals surface area contributed by atoms with Gasteiger partial charge in [0.1, 0.15) is 0 Å². The van der Waals surface area contributed by atoms with Crippen molar-refractivity contribution >= 4 is 41.8 Å². The lowest BCUT2D eigenvalue weighted by Crippen LogP contribution is -2.41. The highest BCUT2D eigenvalue weighted by molar-refractivity contribution is 14.0. The minimum absolute atomic E-state index is 0. The molecule has 1 aromatic rings. The Kier molecular flexibility index (Phi) is 14.0. The molecule has 7 nitrogen and oxygen atoms in total. The van der Waals surface area contributed by atoms with E-state index in [9.17, 15) is 9.59 Å². The van der Waals surface area contributed by atoms with Gasteiger partial charge in [0.05, 0.1) is 0 Å². The number of rotatable bonds is 10. The zero-order valence-electron chi connectivity index (χ0n) is 19.8. The molecule has 0 saturated heterocycles. The number of nitrogens with zero attached hydrogens (tertiary/aromatic N) is 2. The van der Waals surface area contributed by atoms with Gasteiger partial charge in [-0.3, -0.25) is 14.6 Å². The first-order valence-electron chi connectivity index (χ1n) is 11.6. The molecule has 32 heavy (non-hydrogen) atoms. The van der Waals surface area contributed by atoms with Gasteiger partial charge in [0.15, 0.2) is 5.96 Å². The molecule has 180 valence electrons. The van der Waals surface area contributed by atoms with Crippen LogP contribution in [0.3, 0.4) is 0 Å². The number of carbonyl (C=O) groups is 2. The third-order valence-corrected chi connectivity index (χ3v) is 5.53. The summed E-state index contributed by atoms with van der Waals surface area (Å²) >= 11 is 0. The molecule has 2 amide bonds. The van der Waals surface area contributed by atoms with E-state index in [1.807, 2.05) is 31.2 Å². The van der Waals surface area contributed by atoms with Gasteiger partial charge in [-0.25, -0.2) is 0 Å². The second kappa shape index (κ2) is 15.9. The van der Waals surface area contributed by atoms with E-state index in [0.717, 1.165) is 24.5 Å². The standard InChI is InChI=1S/C24H39N5O2.HI/c1-4-25-24(28-16-15-26-22(30)18-19-9-6-5-7-10-19)27-14-13-20-11-8-12-21(17-20)23(31)29(2)3;/h8,11-12,17,19H,4-7,9-10,13-16,18H2,1-3H3,(H,26,30)(H2,25,27,28);1H. The van der Waals surface area contributed by atoms with E-state index in [1.54, 1.807) is 19.0 Å². The van der Waals surface area contributed by atoms with Crippen molar-refractivity contribution in [1.29, 1.82) is 0 Å². The highest BCUT2D eigenvalue weighted by atomic mass is 127. The van der Waals surface area contributed by atoms with Crippen LogP contribution in [0.1, 0.15) is 61.4 Å². The van der Waals surface area contributed by atoms with Crippen LogP contribution in [0.4, 0.5) is 0 Å². The van der Waals surface area contributed by atoms with E-state index < -0.39 is 0 Å². The van der Waals surface area contributed by atoms with Gasteiger partial charge in [0.2, 0.25) is 5.91 Å². The van der Waals surface area contributed by atoms with Crippen LogP contribution in [0.25, 0.3) is 0 Å². The van der Waals surface area contributed by atoms with Crippen LogP contribution < -0.4 is 16.0 Å². The molecule has 3 N–H and O–H groups in total. The largest absolute Gasteiger partial charge is 0.357 e. The predicted molar refractivity (Wildman–Crippen MR) is 142 cm³/mol. The Morgan fingerprint density at radius 3 is 2.47 bits per heavy atom. The monoisotopic (exact) mass is 557 g/mol. The highest BCUT2D eigenvalue weighted by Crippen LogP contribution is 2.25. The molecular formula is C24H40IN5O2. The lowest BCUT2D eigenvalue weighted by molar-refractivity contribution is -0.122. The second-order valence-corrected chi connectivity index (χ2v) is 8.40. The number of halogens is 1. The van der Waals surface area contributed by atoms with E-state index in [0.29, 0.717) is 37.5 Å². The first kappa shape index (κ1) is 28.2. The van der Waals surface area contributed by atoms with Crippen LogP contribution in [0.15, 0.2) is 29.3 Å². The minimum Gasteiger partial charge on any atom is -0.357 e. The summed E-state index contributed by atoms with van der Waals surface area (Å²) in [6, 6.07) is 7.70. The van der Waals surface area contributed by atoms with Gasteiger partial charge in [0, 0.05) is 52.3 Å². The highest BCUT2D eigenvalue weighted by Gasteiger charge is 2.16. The number of benzene rings is 1. The summed E-state index contributed by atoms with van der Waals surface area (Å²) < 4.78 is 0. The molecule has 8 heteroatoms. The topological polar surface area (TPSA) is 85.8 Å². The summed E-state index contributed by atoms with van der Waals surface area (Å²) in [5.74, 6) is 1.46. The fourth-order valence-electron chi connectivity index (χ4n) is 3.87. The summed E-state index contributed by atoms with van der Waals surface area (Å²) in [4.78, 5) is 30.4. The van der Waals surface area contributed by atoms with Crippen LogP contribution in [-0.4, -0.2) is 62.9 Å². The zero-order chi connectivity index (χ0) is 22.5. The number of amides is 2. The third kappa shape index (κ3) is 10.7. The molecule has 0 bridgehead atoms. The van der Waals surface area contributed by atoms with Crippen molar-refractivity contribution in [3.63, 3.8) is 0 Å². The Balaban J connectivity index is 0.00000512. The van der Waals surface area contributed by atoms with Gasteiger partial charge in [-0.05, 0) is 49.8 Å². The average molecular weight is 558 g/mol. The fourth-order valence-corrected chi connectivity index (χ4v) is 3.87. The molecule has 0 heterocycles. The molecular weight excluding hydrogens is 517 g/mol. The molecule has 0 spiro atoms. The second-order valence-electron chi connectivity index (χ2n) is 8.40. The van der Waals surface area contributed by atoms with E-state index in [-0.39, 0.29) is 35.8 Å². The number of carbonyl (C=O) groups excluding carboxylic acids is 2. The normalized spacial score (nSPS) is 14.3. The number of nitrogens with one attached hydrogen (secondary N) is 3. The lowest BCUT2D eigenvalue weighted by Gasteiger charge is -2.20. The molecule has 2 rings (SSSR count). The summed E-state index contributed by atoms with van der Waals surface area (Å²) in [6.45, 7) is 4.63. The SMILES string of the molecule is CCNC(=NCCc1cccc(C(=O)N(C)C)c1)NCCNC(=O)CC1CCCCC1.I. The molecule has 1 saturated carbocycles. The first-order valence-corrected chi connectivity index (χ1v) is 11.6. The van der Waals surface area contributed by atoms with Crippen molar-refractivity contribution in [2.75, 3.05) is 40.3 Å². The fraction of sp³-hybridized carbons (Fsp3) is 0.625. The van der Waals surface area contributed by atoms with Crippen molar-refractivity contribution in [3.05, 3.63) is 35.4 Å². The van der Waals surface area contributed by atoms with E-state index in [4.69, 9.17) is 0 Å². The van der Waals surface area contributed by atoms with Crippen LogP contribution in [0.5, 0.6) is 0 Å². The average Bonchev–Trinajstić information content (AvgIpc) is 2.77. The van der Waals surface area contributed by atoms with Crippen molar-refractivity contribution in [2.45, 2.75) is 51.9 Å². The zero-order valence-corrected chi connectivity index (χ0v) is 22.1. The van der Waals surface area contributed by atoms with Gasteiger partial charge >= 0.3 is 0 Å². The van der Waals surface area contributed by atoms with Gasteiger partial charge in [-0.2, -0.15) is 0 Å². The third-order valence-electron chi connectivity index (χ3n) is 5.53. The number of aliphatic imine (C=N–C) groups is 1. The van der Waals surface area contributed by atoms with Gasteiger partial charge < -0.3 is 20.9 Å². The van der Waals surface area contributed by atoms with Gasteiger partial charge in [-0.1, -0.05) is 31.4 Å². The van der Waals surface area contributed by atoms with E-state index in [2.05, 4.69) is 20.9 Å². The van der Waals surface area contributed by atoms with Crippen molar-refractivity contribution in [3.8, 4) is 0 Å². The molecule has 0 atom stereocenters. The number of guanidine groups is 1. The van der Waals surface area contributed by atoms with Gasteiger partial charge in [-0.15, -0.1) is 24.0 Å². The summed E-state index contributed by atoms with van der Waals surface area (Å²) in [7, 11) is 3.51. The Bertz CT molecular complexity index is 733. The van der Waals surface area contributed by atoms with Crippen molar-refractivity contribution < 1.29 is 9.59 Å². The van der Waals surface area contributed by atoms with Crippen LogP contribution in [-0.2, 0) is 11.2 Å². The summed E-state index contributed by atoms with van der Waals surface area (Å²) in [5.41, 5.74) is 1.78. The molecule has 1 aliphatic rings. The first-order chi connectivity index (χ1) is 15.0. The van der Waals surface area contributed by atoms with E-state index in [1.165, 1.54) is 32.1 Å². The molecule has 1 fully saturated rings. The lowest BCUT2D eigenvalue weighted by atomic mass is 9.87. The van der Waals surface area contributed by atoms with Crippen LogP contribution in [0, 0.1) is 5.92 Å². The van der Waals surface area contributed by atoms with Crippen LogP contribution in [0.2, 0.25) is 0 Å². The van der Waals surface area contributed by atoms with Crippen LogP contribution >= 0.6 is 24.0 Å². The Morgan fingerprint density at radius 1 is 1.06 bits per heavy atom.